The van der Waals surface area contributed by atoms with Crippen LogP contribution < -0.4 is 4.74 Å². The zero-order chi connectivity index (χ0) is 22.4. The number of hydrogen-bond donors (Lipinski definition) is 0. The molecule has 0 unspecified atom stereocenters. The lowest BCUT2D eigenvalue weighted by atomic mass is 9.60. The van der Waals surface area contributed by atoms with Gasteiger partial charge in [-0.25, -0.2) is 4.79 Å². The van der Waals surface area contributed by atoms with Gasteiger partial charge >= 0.3 is 6.03 Å². The van der Waals surface area contributed by atoms with E-state index in [2.05, 4.69) is 0 Å². The van der Waals surface area contributed by atoms with Gasteiger partial charge in [0.25, 0.3) is 5.91 Å². The van der Waals surface area contributed by atoms with Crippen molar-refractivity contribution in [1.82, 2.24) is 19.6 Å². The molecule has 3 fully saturated rings. The SMILES string of the molecule is COc1ccc(C(=O)N2CCC3(CC2)CN(C(=O)N(C)C)C[C@@]32CCN(C)C2=O)cc1. The molecule has 2 spiro atoms. The fourth-order valence-electron chi connectivity index (χ4n) is 5.75. The van der Waals surface area contributed by atoms with E-state index in [4.69, 9.17) is 4.74 Å². The first-order valence-electron chi connectivity index (χ1n) is 10.9. The van der Waals surface area contributed by atoms with Gasteiger partial charge in [-0.2, -0.15) is 0 Å². The minimum atomic E-state index is -0.539. The number of piperidine rings is 1. The third-order valence-corrected chi connectivity index (χ3v) is 7.60. The van der Waals surface area contributed by atoms with Crippen molar-refractivity contribution in [3.63, 3.8) is 0 Å². The summed E-state index contributed by atoms with van der Waals surface area (Å²) >= 11 is 0. The highest BCUT2D eigenvalue weighted by Gasteiger charge is 2.65. The van der Waals surface area contributed by atoms with Crippen LogP contribution in [0.3, 0.4) is 0 Å². The Balaban J connectivity index is 1.55. The maximum atomic E-state index is 13.3. The normalized spacial score (nSPS) is 24.9. The second kappa shape index (κ2) is 7.73. The van der Waals surface area contributed by atoms with E-state index in [-0.39, 0.29) is 23.3 Å². The lowest BCUT2D eigenvalue weighted by Crippen LogP contribution is -2.53. The van der Waals surface area contributed by atoms with E-state index in [1.165, 1.54) is 0 Å². The Morgan fingerprint density at radius 1 is 0.968 bits per heavy atom. The lowest BCUT2D eigenvalue weighted by molar-refractivity contribution is -0.141. The Morgan fingerprint density at radius 3 is 2.13 bits per heavy atom. The second-order valence-electron chi connectivity index (χ2n) is 9.39. The number of carbonyl (C=O) groups excluding carboxylic acids is 3. The molecule has 1 aromatic carbocycles. The van der Waals surface area contributed by atoms with Crippen molar-refractivity contribution < 1.29 is 19.1 Å². The smallest absolute Gasteiger partial charge is 0.319 e. The predicted molar refractivity (Wildman–Crippen MR) is 116 cm³/mol. The molecule has 4 rings (SSSR count). The number of methoxy groups -OCH3 is 1. The number of carbonyl (C=O) groups is 3. The summed E-state index contributed by atoms with van der Waals surface area (Å²) in [5, 5.41) is 0. The molecule has 0 N–H and O–H groups in total. The molecule has 0 aliphatic carbocycles. The van der Waals surface area contributed by atoms with E-state index >= 15 is 0 Å². The Labute approximate surface area is 183 Å². The summed E-state index contributed by atoms with van der Waals surface area (Å²) in [6, 6.07) is 7.12. The molecular weight excluding hydrogens is 396 g/mol. The first-order valence-corrected chi connectivity index (χ1v) is 10.9. The first-order chi connectivity index (χ1) is 14.7. The van der Waals surface area contributed by atoms with Crippen molar-refractivity contribution in [2.75, 3.05) is 61.0 Å². The van der Waals surface area contributed by atoms with E-state index in [1.807, 2.05) is 16.8 Å². The van der Waals surface area contributed by atoms with Gasteiger partial charge in [0.05, 0.1) is 12.5 Å². The topological polar surface area (TPSA) is 73.4 Å². The number of ether oxygens (including phenoxy) is 1. The average Bonchev–Trinajstić information content (AvgIpc) is 3.25. The summed E-state index contributed by atoms with van der Waals surface area (Å²) < 4.78 is 5.18. The predicted octanol–water partition coefficient (Wildman–Crippen LogP) is 1.76. The largest absolute Gasteiger partial charge is 0.497 e. The summed E-state index contributed by atoms with van der Waals surface area (Å²) in [5.41, 5.74) is -0.182. The number of fused-ring (bicyclic) bond motifs is 1. The molecule has 8 heteroatoms. The van der Waals surface area contributed by atoms with Gasteiger partial charge in [-0.15, -0.1) is 0 Å². The molecule has 168 valence electrons. The second-order valence-corrected chi connectivity index (χ2v) is 9.39. The zero-order valence-corrected chi connectivity index (χ0v) is 18.9. The van der Waals surface area contributed by atoms with E-state index in [1.54, 1.807) is 55.3 Å². The number of hydrogen-bond acceptors (Lipinski definition) is 4. The summed E-state index contributed by atoms with van der Waals surface area (Å²) in [4.78, 5) is 46.2. The van der Waals surface area contributed by atoms with E-state index in [0.717, 1.165) is 31.6 Å². The van der Waals surface area contributed by atoms with Crippen LogP contribution in [0.2, 0.25) is 0 Å². The molecule has 8 nitrogen and oxygen atoms in total. The van der Waals surface area contributed by atoms with Crippen LogP contribution in [0.4, 0.5) is 4.79 Å². The van der Waals surface area contributed by atoms with Crippen LogP contribution in [0.1, 0.15) is 29.6 Å². The summed E-state index contributed by atoms with van der Waals surface area (Å²) in [5.74, 6) is 0.869. The Bertz CT molecular complexity index is 876. The maximum absolute atomic E-state index is 13.3. The molecular formula is C23H32N4O4. The standard InChI is InChI=1S/C23H32N4O4/c1-24(2)21(30)27-15-22(23(16-27)11-12-25(3)20(23)29)9-13-26(14-10-22)19(28)17-5-7-18(31-4)8-6-17/h5-8H,9-16H2,1-4H3/t23-/m1/s1. The number of rotatable bonds is 2. The number of benzene rings is 1. The number of likely N-dealkylation sites (tertiary alicyclic amines) is 3. The number of nitrogens with zero attached hydrogens (tertiary/aromatic N) is 4. The quantitative estimate of drug-likeness (QED) is 0.720. The molecule has 0 radical (unpaired) electrons. The molecule has 31 heavy (non-hydrogen) atoms. The van der Waals surface area contributed by atoms with Gasteiger partial charge in [0.1, 0.15) is 5.75 Å². The van der Waals surface area contributed by atoms with Crippen LogP contribution in [0, 0.1) is 10.8 Å². The van der Waals surface area contributed by atoms with Crippen LogP contribution in [0.15, 0.2) is 24.3 Å². The third-order valence-electron chi connectivity index (χ3n) is 7.60. The van der Waals surface area contributed by atoms with Crippen LogP contribution in [-0.4, -0.2) is 98.4 Å². The van der Waals surface area contributed by atoms with Gasteiger partial charge in [-0.05, 0) is 43.5 Å². The Morgan fingerprint density at radius 2 is 1.61 bits per heavy atom. The Kier molecular flexibility index (Phi) is 5.35. The third kappa shape index (κ3) is 3.32. The number of amides is 4. The van der Waals surface area contributed by atoms with Crippen LogP contribution in [0.5, 0.6) is 5.75 Å². The molecule has 3 aliphatic rings. The van der Waals surface area contributed by atoms with Crippen molar-refractivity contribution >= 4 is 17.8 Å². The van der Waals surface area contributed by atoms with Gasteiger partial charge in [-0.1, -0.05) is 0 Å². The Hall–Kier alpha value is -2.77. The number of urea groups is 1. The fourth-order valence-corrected chi connectivity index (χ4v) is 5.75. The maximum Gasteiger partial charge on any atom is 0.319 e. The van der Waals surface area contributed by atoms with Gasteiger partial charge in [-0.3, -0.25) is 9.59 Å². The highest BCUT2D eigenvalue weighted by atomic mass is 16.5. The van der Waals surface area contributed by atoms with Crippen LogP contribution in [-0.2, 0) is 4.79 Å². The summed E-state index contributed by atoms with van der Waals surface area (Å²) in [6.07, 6.45) is 2.23. The minimum absolute atomic E-state index is 0.000593. The minimum Gasteiger partial charge on any atom is -0.497 e. The molecule has 0 aromatic heterocycles. The van der Waals surface area contributed by atoms with Gasteiger partial charge in [0.15, 0.2) is 0 Å². The zero-order valence-electron chi connectivity index (χ0n) is 18.9. The monoisotopic (exact) mass is 428 g/mol. The molecule has 3 heterocycles. The first kappa shape index (κ1) is 21.5. The van der Waals surface area contributed by atoms with Crippen molar-refractivity contribution in [2.24, 2.45) is 10.8 Å². The van der Waals surface area contributed by atoms with Crippen molar-refractivity contribution in [1.29, 1.82) is 0 Å². The lowest BCUT2D eigenvalue weighted by Gasteiger charge is -2.46. The van der Waals surface area contributed by atoms with Crippen molar-refractivity contribution in [2.45, 2.75) is 19.3 Å². The molecule has 0 bridgehead atoms. The molecule has 3 aliphatic heterocycles. The van der Waals surface area contributed by atoms with E-state index in [9.17, 15) is 14.4 Å². The average molecular weight is 429 g/mol. The van der Waals surface area contributed by atoms with E-state index in [0.29, 0.717) is 31.7 Å². The molecule has 3 saturated heterocycles. The van der Waals surface area contributed by atoms with Gasteiger partial charge in [0.2, 0.25) is 5.91 Å². The van der Waals surface area contributed by atoms with Crippen molar-refractivity contribution in [3.05, 3.63) is 29.8 Å². The molecule has 0 saturated carbocycles. The highest BCUT2D eigenvalue weighted by Crippen LogP contribution is 2.57. The molecule has 1 atom stereocenters. The van der Waals surface area contributed by atoms with Crippen molar-refractivity contribution in [3.8, 4) is 5.75 Å². The van der Waals surface area contributed by atoms with Crippen LogP contribution in [0.25, 0.3) is 0 Å². The van der Waals surface area contributed by atoms with Crippen LogP contribution >= 0.6 is 0 Å². The molecule has 4 amide bonds. The van der Waals surface area contributed by atoms with Gasteiger partial charge in [0, 0.05) is 64.8 Å². The highest BCUT2D eigenvalue weighted by molar-refractivity contribution is 5.94. The summed E-state index contributed by atoms with van der Waals surface area (Å²) in [6.45, 7) is 2.95. The van der Waals surface area contributed by atoms with E-state index < -0.39 is 5.41 Å². The van der Waals surface area contributed by atoms with Gasteiger partial charge < -0.3 is 24.3 Å². The summed E-state index contributed by atoms with van der Waals surface area (Å²) in [7, 11) is 6.95. The molecule has 1 aromatic rings. The fraction of sp³-hybridized carbons (Fsp3) is 0.609.